The van der Waals surface area contributed by atoms with E-state index >= 15 is 0 Å². The number of imidazole rings is 1. The van der Waals surface area contributed by atoms with Gasteiger partial charge in [0, 0.05) is 23.6 Å². The third kappa shape index (κ3) is 2.41. The maximum atomic E-state index is 10.3. The second-order valence-corrected chi connectivity index (χ2v) is 5.49. The van der Waals surface area contributed by atoms with Crippen molar-refractivity contribution in [1.29, 1.82) is 0 Å². The van der Waals surface area contributed by atoms with Crippen LogP contribution in [0.25, 0.3) is 0 Å². The molecule has 1 aromatic carbocycles. The van der Waals surface area contributed by atoms with Crippen LogP contribution < -0.4 is 4.74 Å². The Morgan fingerprint density at radius 2 is 2.35 bits per heavy atom. The molecule has 0 radical (unpaired) electrons. The van der Waals surface area contributed by atoms with Gasteiger partial charge in [0.2, 0.25) is 0 Å². The molecule has 4 nitrogen and oxygen atoms in total. The summed E-state index contributed by atoms with van der Waals surface area (Å²) in [7, 11) is 0. The van der Waals surface area contributed by atoms with E-state index in [1.54, 1.807) is 12.1 Å². The van der Waals surface area contributed by atoms with Crippen LogP contribution in [0.4, 0.5) is 0 Å². The van der Waals surface area contributed by atoms with Crippen LogP contribution in [0, 0.1) is 0 Å². The Morgan fingerprint density at radius 1 is 1.50 bits per heavy atom. The van der Waals surface area contributed by atoms with Crippen molar-refractivity contribution in [3.63, 3.8) is 0 Å². The van der Waals surface area contributed by atoms with Gasteiger partial charge in [0.25, 0.3) is 0 Å². The fourth-order valence-corrected chi connectivity index (χ4v) is 2.81. The highest BCUT2D eigenvalue weighted by Gasteiger charge is 2.30. The Kier molecular flexibility index (Phi) is 3.68. The third-order valence-corrected chi connectivity index (χ3v) is 3.81. The highest BCUT2D eigenvalue weighted by molar-refractivity contribution is 6.30. The molecule has 1 aliphatic rings. The van der Waals surface area contributed by atoms with Gasteiger partial charge in [0.15, 0.2) is 0 Å². The number of fused-ring (bicyclic) bond motifs is 1. The van der Waals surface area contributed by atoms with E-state index in [4.69, 9.17) is 16.3 Å². The van der Waals surface area contributed by atoms with Gasteiger partial charge >= 0.3 is 0 Å². The second-order valence-electron chi connectivity index (χ2n) is 5.05. The van der Waals surface area contributed by atoms with E-state index in [0.717, 1.165) is 24.2 Å². The SMILES string of the molecule is CCCn1cncc1C1C[C@H](O)c2cc(Cl)ccc2O1. The second kappa shape index (κ2) is 5.46. The summed E-state index contributed by atoms with van der Waals surface area (Å²) in [5, 5.41) is 10.9. The summed E-state index contributed by atoms with van der Waals surface area (Å²) in [6.45, 7) is 3.02. The number of halogens is 1. The molecule has 0 aliphatic carbocycles. The normalized spacial score (nSPS) is 21.4. The molecule has 2 aromatic rings. The van der Waals surface area contributed by atoms with Crippen molar-refractivity contribution in [3.05, 3.63) is 47.0 Å². The van der Waals surface area contributed by atoms with Crippen LogP contribution in [0.5, 0.6) is 5.75 Å². The summed E-state index contributed by atoms with van der Waals surface area (Å²) in [4.78, 5) is 4.19. The monoisotopic (exact) mass is 292 g/mol. The van der Waals surface area contributed by atoms with E-state index in [2.05, 4.69) is 16.5 Å². The molecule has 0 saturated heterocycles. The van der Waals surface area contributed by atoms with E-state index in [0.29, 0.717) is 17.2 Å². The largest absolute Gasteiger partial charge is 0.484 e. The first-order valence-electron chi connectivity index (χ1n) is 6.83. The number of nitrogens with zero attached hydrogens (tertiary/aromatic N) is 2. The van der Waals surface area contributed by atoms with Crippen molar-refractivity contribution in [3.8, 4) is 5.75 Å². The van der Waals surface area contributed by atoms with Crippen molar-refractivity contribution in [1.82, 2.24) is 9.55 Å². The molecule has 2 heterocycles. The molecule has 3 rings (SSSR count). The Balaban J connectivity index is 1.91. The summed E-state index contributed by atoms with van der Waals surface area (Å²) in [6.07, 6.45) is 4.44. The van der Waals surface area contributed by atoms with Gasteiger partial charge in [-0.15, -0.1) is 0 Å². The van der Waals surface area contributed by atoms with Gasteiger partial charge in [-0.2, -0.15) is 0 Å². The summed E-state index contributed by atoms with van der Waals surface area (Å²) >= 11 is 5.96. The average Bonchev–Trinajstić information content (AvgIpc) is 2.88. The lowest BCUT2D eigenvalue weighted by atomic mass is 9.97. The van der Waals surface area contributed by atoms with E-state index in [1.165, 1.54) is 0 Å². The predicted molar refractivity (Wildman–Crippen MR) is 76.9 cm³/mol. The molecular weight excluding hydrogens is 276 g/mol. The number of ether oxygens (including phenoxy) is 1. The van der Waals surface area contributed by atoms with E-state index < -0.39 is 6.10 Å². The van der Waals surface area contributed by atoms with Crippen LogP contribution in [0.3, 0.4) is 0 Å². The van der Waals surface area contributed by atoms with Crippen LogP contribution in [0.15, 0.2) is 30.7 Å². The minimum Gasteiger partial charge on any atom is -0.484 e. The lowest BCUT2D eigenvalue weighted by Gasteiger charge is -2.30. The fourth-order valence-electron chi connectivity index (χ4n) is 2.63. The van der Waals surface area contributed by atoms with Gasteiger partial charge in [-0.25, -0.2) is 4.98 Å². The number of aliphatic hydroxyl groups excluding tert-OH is 1. The van der Waals surface area contributed by atoms with Crippen LogP contribution in [-0.4, -0.2) is 14.7 Å². The standard InChI is InChI=1S/C15H17ClN2O2/c1-2-5-18-9-17-8-12(18)15-7-13(19)11-6-10(16)3-4-14(11)20-15/h3-4,6,8-9,13,15,19H,2,5,7H2,1H3/t13-,15?/m0/s1. The predicted octanol–water partition coefficient (Wildman–Crippen LogP) is 3.50. The molecule has 1 aliphatic heterocycles. The molecule has 1 unspecified atom stereocenters. The first-order chi connectivity index (χ1) is 9.69. The summed E-state index contributed by atoms with van der Waals surface area (Å²) in [5.41, 5.74) is 1.77. The van der Waals surface area contributed by atoms with Crippen molar-refractivity contribution in [2.75, 3.05) is 0 Å². The lowest BCUT2D eigenvalue weighted by molar-refractivity contribution is 0.0618. The Hall–Kier alpha value is -1.52. The lowest BCUT2D eigenvalue weighted by Crippen LogP contribution is -2.21. The maximum absolute atomic E-state index is 10.3. The molecule has 1 aromatic heterocycles. The maximum Gasteiger partial charge on any atom is 0.143 e. The summed E-state index contributed by atoms with van der Waals surface area (Å²) in [5.74, 6) is 0.697. The molecule has 2 atom stereocenters. The molecule has 20 heavy (non-hydrogen) atoms. The molecule has 0 saturated carbocycles. The van der Waals surface area contributed by atoms with Crippen molar-refractivity contribution < 1.29 is 9.84 Å². The van der Waals surface area contributed by atoms with Crippen molar-refractivity contribution in [2.45, 2.75) is 38.5 Å². The number of rotatable bonds is 3. The number of hydrogen-bond donors (Lipinski definition) is 1. The first kappa shape index (κ1) is 13.5. The first-order valence-corrected chi connectivity index (χ1v) is 7.21. The van der Waals surface area contributed by atoms with Crippen molar-refractivity contribution >= 4 is 11.6 Å². The topological polar surface area (TPSA) is 47.3 Å². The highest BCUT2D eigenvalue weighted by atomic mass is 35.5. The Morgan fingerprint density at radius 3 is 3.15 bits per heavy atom. The highest BCUT2D eigenvalue weighted by Crippen LogP contribution is 2.41. The number of aryl methyl sites for hydroxylation is 1. The molecule has 106 valence electrons. The number of hydrogen-bond acceptors (Lipinski definition) is 3. The molecule has 5 heteroatoms. The Labute approximate surface area is 123 Å². The Bertz CT molecular complexity index is 612. The zero-order valence-corrected chi connectivity index (χ0v) is 12.0. The van der Waals surface area contributed by atoms with Gasteiger partial charge < -0.3 is 14.4 Å². The van der Waals surface area contributed by atoms with Crippen LogP contribution >= 0.6 is 11.6 Å². The van der Waals surface area contributed by atoms with Gasteiger partial charge in [-0.3, -0.25) is 0 Å². The smallest absolute Gasteiger partial charge is 0.143 e. The average molecular weight is 293 g/mol. The van der Waals surface area contributed by atoms with Crippen LogP contribution in [-0.2, 0) is 6.54 Å². The third-order valence-electron chi connectivity index (χ3n) is 3.58. The molecule has 0 fully saturated rings. The number of aromatic nitrogens is 2. The molecule has 0 spiro atoms. The van der Waals surface area contributed by atoms with Gasteiger partial charge in [-0.05, 0) is 24.6 Å². The molecule has 1 N–H and O–H groups in total. The van der Waals surface area contributed by atoms with Gasteiger partial charge in [-0.1, -0.05) is 18.5 Å². The van der Waals surface area contributed by atoms with Crippen molar-refractivity contribution in [2.24, 2.45) is 0 Å². The minimum atomic E-state index is -0.563. The van der Waals surface area contributed by atoms with Crippen LogP contribution in [0.2, 0.25) is 5.02 Å². The zero-order valence-electron chi connectivity index (χ0n) is 11.3. The quantitative estimate of drug-likeness (QED) is 0.942. The van der Waals surface area contributed by atoms with E-state index in [1.807, 2.05) is 18.6 Å². The van der Waals surface area contributed by atoms with E-state index in [-0.39, 0.29) is 6.10 Å². The fraction of sp³-hybridized carbons (Fsp3) is 0.400. The van der Waals surface area contributed by atoms with Crippen LogP contribution in [0.1, 0.15) is 43.2 Å². The summed E-state index contributed by atoms with van der Waals surface area (Å²) < 4.78 is 8.09. The van der Waals surface area contributed by atoms with Gasteiger partial charge in [0.05, 0.1) is 24.3 Å². The van der Waals surface area contributed by atoms with E-state index in [9.17, 15) is 5.11 Å². The molecular formula is C15H17ClN2O2. The number of aliphatic hydroxyl groups is 1. The minimum absolute atomic E-state index is 0.173. The number of benzene rings is 1. The molecule has 0 amide bonds. The molecule has 0 bridgehead atoms. The summed E-state index contributed by atoms with van der Waals surface area (Å²) in [6, 6.07) is 5.35. The van der Waals surface area contributed by atoms with Gasteiger partial charge in [0.1, 0.15) is 11.9 Å². The zero-order chi connectivity index (χ0) is 14.1.